The maximum atomic E-state index is 12.5. The smallest absolute Gasteiger partial charge is 0.269 e. The summed E-state index contributed by atoms with van der Waals surface area (Å²) in [7, 11) is 0. The van der Waals surface area contributed by atoms with Crippen LogP contribution in [0.25, 0.3) is 0 Å². The van der Waals surface area contributed by atoms with Crippen molar-refractivity contribution in [2.75, 3.05) is 11.9 Å². The van der Waals surface area contributed by atoms with Gasteiger partial charge in [0.15, 0.2) is 0 Å². The van der Waals surface area contributed by atoms with Gasteiger partial charge in [0.2, 0.25) is 0 Å². The molecule has 1 aromatic heterocycles. The van der Waals surface area contributed by atoms with Crippen molar-refractivity contribution in [3.63, 3.8) is 0 Å². The van der Waals surface area contributed by atoms with E-state index in [-0.39, 0.29) is 17.5 Å². The van der Waals surface area contributed by atoms with Crippen LogP contribution in [0.4, 0.5) is 5.69 Å². The summed E-state index contributed by atoms with van der Waals surface area (Å²) in [5, 5.41) is 6.12. The molecule has 1 heterocycles. The molecule has 6 heteroatoms. The molecule has 0 spiro atoms. The van der Waals surface area contributed by atoms with Crippen molar-refractivity contribution >= 4 is 29.1 Å². The van der Waals surface area contributed by atoms with Gasteiger partial charge in [-0.1, -0.05) is 37.4 Å². The van der Waals surface area contributed by atoms with Gasteiger partial charge in [-0.2, -0.15) is 0 Å². The van der Waals surface area contributed by atoms with Gasteiger partial charge in [-0.25, -0.2) is 0 Å². The number of aromatic nitrogens is 1. The number of benzene rings is 1. The number of nitrogens with one attached hydrogen (secondary N) is 2. The van der Waals surface area contributed by atoms with Gasteiger partial charge in [0, 0.05) is 18.3 Å². The number of anilines is 1. The first kappa shape index (κ1) is 19.9. The second kappa shape index (κ2) is 9.34. The molecule has 0 bridgehead atoms. The van der Waals surface area contributed by atoms with Gasteiger partial charge < -0.3 is 10.6 Å². The lowest BCUT2D eigenvalue weighted by Gasteiger charge is -2.12. The van der Waals surface area contributed by atoms with Crippen LogP contribution < -0.4 is 10.6 Å². The summed E-state index contributed by atoms with van der Waals surface area (Å²) >= 11 is 6.24. The molecule has 0 fully saturated rings. The minimum Gasteiger partial charge on any atom is -0.351 e. The Morgan fingerprint density at radius 2 is 1.88 bits per heavy atom. The summed E-state index contributed by atoms with van der Waals surface area (Å²) < 4.78 is 0. The fourth-order valence-corrected chi connectivity index (χ4v) is 2.99. The second-order valence-corrected chi connectivity index (χ2v) is 6.69. The predicted octanol–water partition coefficient (Wildman–Crippen LogP) is 4.52. The number of unbranched alkanes of at least 4 members (excludes halogenated alkanes) is 2. The topological polar surface area (TPSA) is 71.1 Å². The fraction of sp³-hybridized carbons (Fsp3) is 0.350. The third-order valence-corrected chi connectivity index (χ3v) is 4.29. The van der Waals surface area contributed by atoms with Gasteiger partial charge in [-0.3, -0.25) is 14.6 Å². The van der Waals surface area contributed by atoms with Crippen molar-refractivity contribution in [3.8, 4) is 0 Å². The molecule has 2 N–H and O–H groups in total. The van der Waals surface area contributed by atoms with E-state index in [0.29, 0.717) is 22.8 Å². The minimum atomic E-state index is -0.332. The number of nitrogens with zero attached hydrogens (tertiary/aromatic N) is 1. The van der Waals surface area contributed by atoms with Crippen molar-refractivity contribution in [1.29, 1.82) is 0 Å². The third kappa shape index (κ3) is 5.30. The highest BCUT2D eigenvalue weighted by Crippen LogP contribution is 2.27. The Kier molecular flexibility index (Phi) is 7.16. The van der Waals surface area contributed by atoms with E-state index < -0.39 is 0 Å². The predicted molar refractivity (Wildman–Crippen MR) is 105 cm³/mol. The van der Waals surface area contributed by atoms with Gasteiger partial charge in [-0.15, -0.1) is 0 Å². The third-order valence-electron chi connectivity index (χ3n) is 3.99. The van der Waals surface area contributed by atoms with E-state index in [9.17, 15) is 9.59 Å². The molecule has 5 nitrogen and oxygen atoms in total. The highest BCUT2D eigenvalue weighted by Gasteiger charge is 2.14. The SMILES string of the molecule is CCCCCNC(=O)c1cc(C(=O)Nc2c(C)cc(C)cc2Cl)ccn1. The number of hydrogen-bond donors (Lipinski definition) is 2. The van der Waals surface area contributed by atoms with Crippen molar-refractivity contribution in [2.24, 2.45) is 0 Å². The molecular formula is C20H24ClN3O2. The van der Waals surface area contributed by atoms with Crippen molar-refractivity contribution in [3.05, 3.63) is 57.9 Å². The lowest BCUT2D eigenvalue weighted by Crippen LogP contribution is -2.26. The van der Waals surface area contributed by atoms with Crippen LogP contribution in [0, 0.1) is 13.8 Å². The molecule has 0 unspecified atom stereocenters. The molecular weight excluding hydrogens is 350 g/mol. The van der Waals surface area contributed by atoms with Gasteiger partial charge in [0.05, 0.1) is 10.7 Å². The van der Waals surface area contributed by atoms with Gasteiger partial charge in [0.1, 0.15) is 5.69 Å². The largest absolute Gasteiger partial charge is 0.351 e. The van der Waals surface area contributed by atoms with E-state index in [1.807, 2.05) is 19.9 Å². The zero-order chi connectivity index (χ0) is 19.1. The van der Waals surface area contributed by atoms with E-state index in [4.69, 9.17) is 11.6 Å². The molecule has 0 aliphatic carbocycles. The van der Waals surface area contributed by atoms with Crippen molar-refractivity contribution < 1.29 is 9.59 Å². The normalized spacial score (nSPS) is 10.5. The Hall–Kier alpha value is -2.40. The number of pyridine rings is 1. The summed E-state index contributed by atoms with van der Waals surface area (Å²) in [5.41, 5.74) is 3.06. The number of hydrogen-bond acceptors (Lipinski definition) is 3. The number of aryl methyl sites for hydroxylation is 2. The lowest BCUT2D eigenvalue weighted by atomic mass is 10.1. The van der Waals surface area contributed by atoms with Crippen molar-refractivity contribution in [2.45, 2.75) is 40.0 Å². The van der Waals surface area contributed by atoms with Crippen LogP contribution >= 0.6 is 11.6 Å². The Morgan fingerprint density at radius 1 is 1.12 bits per heavy atom. The number of amides is 2. The number of rotatable bonds is 7. The van der Waals surface area contributed by atoms with E-state index in [2.05, 4.69) is 22.5 Å². The molecule has 26 heavy (non-hydrogen) atoms. The highest BCUT2D eigenvalue weighted by molar-refractivity contribution is 6.34. The lowest BCUT2D eigenvalue weighted by molar-refractivity contribution is 0.0948. The second-order valence-electron chi connectivity index (χ2n) is 6.29. The van der Waals surface area contributed by atoms with Crippen LogP contribution in [-0.4, -0.2) is 23.3 Å². The maximum Gasteiger partial charge on any atom is 0.269 e. The molecule has 0 saturated carbocycles. The summed E-state index contributed by atoms with van der Waals surface area (Å²) in [6, 6.07) is 6.80. The first-order valence-electron chi connectivity index (χ1n) is 8.74. The molecule has 2 amide bonds. The van der Waals surface area contributed by atoms with Crippen LogP contribution in [0.3, 0.4) is 0 Å². The van der Waals surface area contributed by atoms with Crippen LogP contribution in [0.1, 0.15) is 58.2 Å². The molecule has 0 aliphatic rings. The number of carbonyl (C=O) groups excluding carboxylic acids is 2. The minimum absolute atomic E-state index is 0.223. The maximum absolute atomic E-state index is 12.5. The Bertz CT molecular complexity index is 782. The first-order chi connectivity index (χ1) is 12.4. The molecule has 2 aromatic rings. The quantitative estimate of drug-likeness (QED) is 0.700. The first-order valence-corrected chi connectivity index (χ1v) is 9.12. The van der Waals surface area contributed by atoms with E-state index in [1.54, 1.807) is 12.1 Å². The molecule has 2 rings (SSSR count). The van der Waals surface area contributed by atoms with E-state index >= 15 is 0 Å². The van der Waals surface area contributed by atoms with Gasteiger partial charge in [-0.05, 0) is 49.6 Å². The fourth-order valence-electron chi connectivity index (χ4n) is 2.62. The summed E-state index contributed by atoms with van der Waals surface area (Å²) in [5.74, 6) is -0.610. The summed E-state index contributed by atoms with van der Waals surface area (Å²) in [6.07, 6.45) is 4.53. The molecule has 0 aliphatic heterocycles. The molecule has 1 aromatic carbocycles. The summed E-state index contributed by atoms with van der Waals surface area (Å²) in [6.45, 7) is 6.53. The standard InChI is InChI=1S/C20H24ClN3O2/c1-4-5-6-8-23-20(26)17-12-15(7-9-22-17)19(25)24-18-14(3)10-13(2)11-16(18)21/h7,9-12H,4-6,8H2,1-3H3,(H,23,26)(H,24,25). The molecule has 0 radical (unpaired) electrons. The van der Waals surface area contributed by atoms with Crippen LogP contribution in [0.2, 0.25) is 5.02 Å². The number of halogens is 1. The molecule has 0 saturated heterocycles. The number of carbonyl (C=O) groups is 2. The van der Waals surface area contributed by atoms with Crippen LogP contribution in [-0.2, 0) is 0 Å². The zero-order valence-corrected chi connectivity index (χ0v) is 16.1. The monoisotopic (exact) mass is 373 g/mol. The van der Waals surface area contributed by atoms with Gasteiger partial charge >= 0.3 is 0 Å². The average Bonchev–Trinajstić information content (AvgIpc) is 2.61. The Morgan fingerprint density at radius 3 is 2.58 bits per heavy atom. The van der Waals surface area contributed by atoms with E-state index in [1.165, 1.54) is 12.3 Å². The van der Waals surface area contributed by atoms with Crippen LogP contribution in [0.15, 0.2) is 30.5 Å². The van der Waals surface area contributed by atoms with E-state index in [0.717, 1.165) is 30.4 Å². The molecule has 138 valence electrons. The zero-order valence-electron chi connectivity index (χ0n) is 15.4. The van der Waals surface area contributed by atoms with Crippen molar-refractivity contribution in [1.82, 2.24) is 10.3 Å². The highest BCUT2D eigenvalue weighted by atomic mass is 35.5. The Balaban J connectivity index is 2.10. The molecule has 0 atom stereocenters. The van der Waals surface area contributed by atoms with Crippen LogP contribution in [0.5, 0.6) is 0 Å². The van der Waals surface area contributed by atoms with Gasteiger partial charge in [0.25, 0.3) is 11.8 Å². The Labute approximate surface area is 159 Å². The summed E-state index contributed by atoms with van der Waals surface area (Å²) in [4.78, 5) is 28.8. The average molecular weight is 374 g/mol.